The zero-order valence-corrected chi connectivity index (χ0v) is 17.2. The Labute approximate surface area is 172 Å². The summed E-state index contributed by atoms with van der Waals surface area (Å²) in [6.45, 7) is 5.97. The SMILES string of the molecule is CC(C)CCC(O)CC(C)O.O=C(O)c1ccccc1.O=C(O)c1ccccc1. The van der Waals surface area contributed by atoms with Gasteiger partial charge in [0.15, 0.2) is 0 Å². The number of carboxylic acids is 2. The second-order valence-corrected chi connectivity index (χ2v) is 7.05. The molecule has 2 aromatic carbocycles. The van der Waals surface area contributed by atoms with Crippen molar-refractivity contribution in [3.63, 3.8) is 0 Å². The molecule has 2 rings (SSSR count). The Bertz CT molecular complexity index is 634. The van der Waals surface area contributed by atoms with E-state index in [0.717, 1.165) is 12.8 Å². The largest absolute Gasteiger partial charge is 0.478 e. The minimum Gasteiger partial charge on any atom is -0.478 e. The van der Waals surface area contributed by atoms with Gasteiger partial charge in [0.25, 0.3) is 0 Å². The van der Waals surface area contributed by atoms with Gasteiger partial charge >= 0.3 is 11.9 Å². The summed E-state index contributed by atoms with van der Waals surface area (Å²) in [6.07, 6.45) is 1.65. The Hall–Kier alpha value is -2.70. The van der Waals surface area contributed by atoms with Crippen molar-refractivity contribution < 1.29 is 30.0 Å². The van der Waals surface area contributed by atoms with Gasteiger partial charge < -0.3 is 20.4 Å². The maximum Gasteiger partial charge on any atom is 0.335 e. The van der Waals surface area contributed by atoms with Gasteiger partial charge in [0, 0.05) is 0 Å². The van der Waals surface area contributed by atoms with Crippen LogP contribution in [-0.4, -0.2) is 44.6 Å². The highest BCUT2D eigenvalue weighted by Crippen LogP contribution is 2.10. The molecule has 2 aromatic rings. The third kappa shape index (κ3) is 15.0. The van der Waals surface area contributed by atoms with Crippen LogP contribution >= 0.6 is 0 Å². The van der Waals surface area contributed by atoms with E-state index in [1.54, 1.807) is 67.6 Å². The zero-order chi connectivity index (χ0) is 22.2. The molecule has 0 spiro atoms. The summed E-state index contributed by atoms with van der Waals surface area (Å²) < 4.78 is 0. The molecule has 0 aliphatic heterocycles. The lowest BCUT2D eigenvalue weighted by Crippen LogP contribution is -2.15. The first-order valence-corrected chi connectivity index (χ1v) is 9.56. The van der Waals surface area contributed by atoms with Gasteiger partial charge in [0.2, 0.25) is 0 Å². The van der Waals surface area contributed by atoms with Crippen molar-refractivity contribution in [3.8, 4) is 0 Å². The number of benzene rings is 2. The lowest BCUT2D eigenvalue weighted by molar-refractivity contribution is 0.0686. The Kier molecular flexibility index (Phi) is 13.8. The number of aliphatic hydroxyl groups excluding tert-OH is 2. The summed E-state index contributed by atoms with van der Waals surface area (Å²) in [4.78, 5) is 20.4. The molecule has 2 unspecified atom stereocenters. The van der Waals surface area contributed by atoms with Crippen LogP contribution < -0.4 is 0 Å². The highest BCUT2D eigenvalue weighted by molar-refractivity contribution is 5.87. The molecule has 6 nitrogen and oxygen atoms in total. The monoisotopic (exact) mass is 404 g/mol. The predicted molar refractivity (Wildman–Crippen MR) is 113 cm³/mol. The van der Waals surface area contributed by atoms with Crippen LogP contribution in [0.1, 0.15) is 60.7 Å². The quantitative estimate of drug-likeness (QED) is 0.546. The van der Waals surface area contributed by atoms with Gasteiger partial charge in [-0.1, -0.05) is 50.2 Å². The molecule has 0 saturated carbocycles. The van der Waals surface area contributed by atoms with E-state index in [0.29, 0.717) is 23.5 Å². The van der Waals surface area contributed by atoms with Crippen LogP contribution in [0.15, 0.2) is 60.7 Å². The van der Waals surface area contributed by atoms with Gasteiger partial charge in [-0.15, -0.1) is 0 Å². The smallest absolute Gasteiger partial charge is 0.335 e. The average Bonchev–Trinajstić information content (AvgIpc) is 2.68. The molecule has 6 heteroatoms. The number of aliphatic hydroxyl groups is 2. The third-order valence-corrected chi connectivity index (χ3v) is 3.73. The maximum absolute atomic E-state index is 10.2. The summed E-state index contributed by atoms with van der Waals surface area (Å²) in [5, 5.41) is 35.0. The molecule has 2 atom stereocenters. The number of hydrogen-bond donors (Lipinski definition) is 4. The van der Waals surface area contributed by atoms with Crippen molar-refractivity contribution in [2.45, 2.75) is 52.2 Å². The van der Waals surface area contributed by atoms with Gasteiger partial charge in [-0.25, -0.2) is 9.59 Å². The van der Waals surface area contributed by atoms with E-state index in [4.69, 9.17) is 15.3 Å². The summed E-state index contributed by atoms with van der Waals surface area (Å²) in [5.74, 6) is -1.12. The molecule has 4 N–H and O–H groups in total. The highest BCUT2D eigenvalue weighted by atomic mass is 16.4. The van der Waals surface area contributed by atoms with Crippen LogP contribution in [0, 0.1) is 5.92 Å². The van der Waals surface area contributed by atoms with Crippen LogP contribution in [0.25, 0.3) is 0 Å². The molecule has 29 heavy (non-hydrogen) atoms. The summed E-state index contributed by atoms with van der Waals surface area (Å²) in [7, 11) is 0. The van der Waals surface area contributed by atoms with E-state index in [-0.39, 0.29) is 12.2 Å². The molecule has 0 bridgehead atoms. The molecule has 0 aliphatic rings. The number of carbonyl (C=O) groups is 2. The van der Waals surface area contributed by atoms with Crippen molar-refractivity contribution in [2.24, 2.45) is 5.92 Å². The van der Waals surface area contributed by atoms with Crippen LogP contribution in [0.5, 0.6) is 0 Å². The first kappa shape index (κ1) is 26.3. The minimum absolute atomic E-state index is 0.322. The summed E-state index contributed by atoms with van der Waals surface area (Å²) in [5.41, 5.74) is 0.662. The first-order valence-electron chi connectivity index (χ1n) is 9.56. The average molecular weight is 405 g/mol. The molecule has 0 aliphatic carbocycles. The number of carboxylic acid groups (broad SMARTS) is 2. The summed E-state index contributed by atoms with van der Waals surface area (Å²) >= 11 is 0. The fourth-order valence-electron chi connectivity index (χ4n) is 2.20. The van der Waals surface area contributed by atoms with Gasteiger partial charge in [-0.2, -0.15) is 0 Å². The predicted octanol–water partition coefficient (Wildman–Crippen LogP) is 4.32. The van der Waals surface area contributed by atoms with Crippen molar-refractivity contribution in [1.82, 2.24) is 0 Å². The third-order valence-electron chi connectivity index (χ3n) is 3.73. The fraction of sp³-hybridized carbons (Fsp3) is 0.391. The van der Waals surface area contributed by atoms with E-state index in [2.05, 4.69) is 13.8 Å². The zero-order valence-electron chi connectivity index (χ0n) is 17.2. The Morgan fingerprint density at radius 3 is 1.34 bits per heavy atom. The van der Waals surface area contributed by atoms with Gasteiger partial charge in [0.05, 0.1) is 23.3 Å². The van der Waals surface area contributed by atoms with Gasteiger partial charge in [-0.3, -0.25) is 0 Å². The second kappa shape index (κ2) is 15.2. The minimum atomic E-state index is -0.879. The van der Waals surface area contributed by atoms with Crippen molar-refractivity contribution in [3.05, 3.63) is 71.8 Å². The standard InChI is InChI=1S/C9H20O2.2C7H6O2/c1-7(2)4-5-9(11)6-8(3)10;2*8-7(9)6-4-2-1-3-5-6/h7-11H,4-6H2,1-3H3;2*1-5H,(H,8,9). The molecular formula is C23H32O6. The number of hydrogen-bond acceptors (Lipinski definition) is 4. The Morgan fingerprint density at radius 1 is 0.724 bits per heavy atom. The van der Waals surface area contributed by atoms with Gasteiger partial charge in [-0.05, 0) is 56.4 Å². The molecule has 0 amide bonds. The maximum atomic E-state index is 10.2. The van der Waals surface area contributed by atoms with Crippen LogP contribution in [0.3, 0.4) is 0 Å². The molecule has 160 valence electrons. The fourth-order valence-corrected chi connectivity index (χ4v) is 2.20. The Morgan fingerprint density at radius 2 is 1.10 bits per heavy atom. The highest BCUT2D eigenvalue weighted by Gasteiger charge is 2.08. The van der Waals surface area contributed by atoms with E-state index in [1.807, 2.05) is 0 Å². The molecule has 0 aromatic heterocycles. The lowest BCUT2D eigenvalue weighted by Gasteiger charge is -2.13. The van der Waals surface area contributed by atoms with Crippen molar-refractivity contribution >= 4 is 11.9 Å². The molecular weight excluding hydrogens is 372 g/mol. The van der Waals surface area contributed by atoms with Crippen LogP contribution in [0.4, 0.5) is 0 Å². The van der Waals surface area contributed by atoms with E-state index in [9.17, 15) is 14.7 Å². The second-order valence-electron chi connectivity index (χ2n) is 7.05. The van der Waals surface area contributed by atoms with Crippen molar-refractivity contribution in [2.75, 3.05) is 0 Å². The molecule has 0 heterocycles. The van der Waals surface area contributed by atoms with E-state index < -0.39 is 11.9 Å². The topological polar surface area (TPSA) is 115 Å². The molecule has 0 radical (unpaired) electrons. The first-order chi connectivity index (χ1) is 13.6. The van der Waals surface area contributed by atoms with Crippen LogP contribution in [-0.2, 0) is 0 Å². The number of rotatable bonds is 7. The number of aromatic carboxylic acids is 2. The van der Waals surface area contributed by atoms with E-state index >= 15 is 0 Å². The molecule has 0 saturated heterocycles. The van der Waals surface area contributed by atoms with Crippen molar-refractivity contribution in [1.29, 1.82) is 0 Å². The van der Waals surface area contributed by atoms with E-state index in [1.165, 1.54) is 0 Å². The van der Waals surface area contributed by atoms with Crippen LogP contribution in [0.2, 0.25) is 0 Å². The summed E-state index contributed by atoms with van der Waals surface area (Å²) in [6, 6.07) is 16.6. The Balaban J connectivity index is 0.000000408. The lowest BCUT2D eigenvalue weighted by atomic mass is 10.0. The van der Waals surface area contributed by atoms with Gasteiger partial charge in [0.1, 0.15) is 0 Å². The normalized spacial score (nSPS) is 11.9. The molecule has 0 fully saturated rings.